The van der Waals surface area contributed by atoms with Gasteiger partial charge in [0.1, 0.15) is 0 Å². The van der Waals surface area contributed by atoms with E-state index in [4.69, 9.17) is 29.5 Å². The Morgan fingerprint density at radius 1 is 0.674 bits per heavy atom. The minimum atomic E-state index is -0.818. The monoisotopic (exact) mass is 632 g/mol. The van der Waals surface area contributed by atoms with Crippen LogP contribution in [0.2, 0.25) is 0 Å². The molecule has 0 aromatic carbocycles. The van der Waals surface area contributed by atoms with Gasteiger partial charge < -0.3 is 48.5 Å². The summed E-state index contributed by atoms with van der Waals surface area (Å²) in [5.74, 6) is -3.15. The summed E-state index contributed by atoms with van der Waals surface area (Å²) in [4.78, 5) is 50.8. The van der Waals surface area contributed by atoms with Gasteiger partial charge in [-0.15, -0.1) is 0 Å². The molecule has 0 spiro atoms. The fraction of sp³-hybridized carbons (Fsp3) is 0.821. The number of hydrogen-bond acceptors (Lipinski definition) is 12. The maximum absolute atomic E-state index is 10.7. The number of ether oxygens (including phenoxy) is 7. The minimum Gasteiger partial charge on any atom is -0.481 e. The Morgan fingerprint density at radius 2 is 1.19 bits per heavy atom. The largest absolute Gasteiger partial charge is 0.481 e. The summed E-state index contributed by atoms with van der Waals surface area (Å²) < 4.78 is 32.9. The van der Waals surface area contributed by atoms with Crippen LogP contribution in [0.1, 0.15) is 73.1 Å². The normalized spacial score (nSPS) is 10.7. The number of carboxylic acid groups (broad SMARTS) is 3. The van der Waals surface area contributed by atoms with E-state index < -0.39 is 24.2 Å². The first kappa shape index (κ1) is 49.8. The number of carboxylic acids is 3. The summed E-state index contributed by atoms with van der Waals surface area (Å²) >= 11 is 0. The number of carbonyl (C=O) groups is 5. The Labute approximate surface area is 256 Å². The molecule has 0 heterocycles. The van der Waals surface area contributed by atoms with Gasteiger partial charge in [-0.1, -0.05) is 13.8 Å². The van der Waals surface area contributed by atoms with Crippen LogP contribution in [0.3, 0.4) is 0 Å². The van der Waals surface area contributed by atoms with Crippen molar-refractivity contribution in [2.75, 3.05) is 68.1 Å². The van der Waals surface area contributed by atoms with Crippen LogP contribution in [0, 0.1) is 5.92 Å². The molecule has 0 bridgehead atoms. The number of esters is 2. The molecule has 0 aliphatic rings. The molecule has 0 aromatic heterocycles. The molecule has 15 nitrogen and oxygen atoms in total. The summed E-state index contributed by atoms with van der Waals surface area (Å²) in [6, 6.07) is 0. The predicted molar refractivity (Wildman–Crippen MR) is 157 cm³/mol. The van der Waals surface area contributed by atoms with Crippen molar-refractivity contribution in [3.8, 4) is 0 Å². The van der Waals surface area contributed by atoms with Crippen LogP contribution in [0.15, 0.2) is 0 Å². The fourth-order valence-corrected chi connectivity index (χ4v) is 2.06. The summed E-state index contributed by atoms with van der Waals surface area (Å²) in [5.41, 5.74) is 0. The first-order chi connectivity index (χ1) is 20.3. The quantitative estimate of drug-likeness (QED) is 0.138. The van der Waals surface area contributed by atoms with Gasteiger partial charge in [-0.3, -0.25) is 24.0 Å². The van der Waals surface area contributed by atoms with Crippen molar-refractivity contribution in [2.45, 2.75) is 79.4 Å². The van der Waals surface area contributed by atoms with Gasteiger partial charge in [0.05, 0.1) is 58.7 Å². The van der Waals surface area contributed by atoms with E-state index >= 15 is 0 Å². The molecule has 43 heavy (non-hydrogen) atoms. The minimum absolute atomic E-state index is 0.0880. The van der Waals surface area contributed by atoms with Gasteiger partial charge in [-0.2, -0.15) is 0 Å². The molecule has 0 radical (unpaired) electrons. The first-order valence-electron chi connectivity index (χ1n) is 13.9. The van der Waals surface area contributed by atoms with Gasteiger partial charge in [-0.25, -0.2) is 0 Å². The zero-order chi connectivity index (χ0) is 34.5. The Balaban J connectivity index is -0.000000142. The van der Waals surface area contributed by atoms with Crippen LogP contribution in [0.4, 0.5) is 0 Å². The summed E-state index contributed by atoms with van der Waals surface area (Å²) in [7, 11) is 5.77. The summed E-state index contributed by atoms with van der Waals surface area (Å²) in [5, 5.41) is 24.4. The Morgan fingerprint density at radius 3 is 1.44 bits per heavy atom. The number of hydrogen-bond donors (Lipinski definition) is 3. The maximum atomic E-state index is 10.7. The van der Waals surface area contributed by atoms with Crippen LogP contribution in [0.25, 0.3) is 0 Å². The van der Waals surface area contributed by atoms with Gasteiger partial charge in [0.25, 0.3) is 0 Å². The standard InChI is InChI=1S/C7H14O4.C7H14O3.C6H12O2.2C4H8O3/c1-4-11-7(10-3)5-6(8)9-2;1-3-6(7(8)9)5-10-4-2;1-3-5-6(7)8-4-2;2*1-7-3-2-4(5)6/h7H,4-5H2,1-3H3;6H,3-5H2,1-2H3,(H,8,9);3-5H2,1-2H3;2*2-3H2,1H3,(H,5,6). The molecule has 0 saturated carbocycles. The average Bonchev–Trinajstić information content (AvgIpc) is 2.96. The van der Waals surface area contributed by atoms with Crippen molar-refractivity contribution in [2.24, 2.45) is 5.92 Å². The van der Waals surface area contributed by atoms with E-state index in [1.54, 1.807) is 0 Å². The molecular weight excluding hydrogens is 576 g/mol. The second-order valence-electron chi connectivity index (χ2n) is 7.83. The second kappa shape index (κ2) is 41.3. The second-order valence-corrected chi connectivity index (χ2v) is 7.83. The van der Waals surface area contributed by atoms with E-state index in [0.717, 1.165) is 6.42 Å². The molecule has 2 unspecified atom stereocenters. The Hall–Kier alpha value is -2.85. The Kier molecular flexibility index (Phi) is 47.8. The van der Waals surface area contributed by atoms with Crippen molar-refractivity contribution < 1.29 is 72.5 Å². The average molecular weight is 633 g/mol. The van der Waals surface area contributed by atoms with E-state index in [0.29, 0.717) is 52.5 Å². The highest BCUT2D eigenvalue weighted by Gasteiger charge is 2.14. The topological polar surface area (TPSA) is 211 Å². The van der Waals surface area contributed by atoms with E-state index in [9.17, 15) is 24.0 Å². The van der Waals surface area contributed by atoms with E-state index in [-0.39, 0.29) is 37.1 Å². The lowest BCUT2D eigenvalue weighted by atomic mass is 10.1. The number of carbonyl (C=O) groups excluding carboxylic acids is 2. The van der Waals surface area contributed by atoms with Crippen LogP contribution >= 0.6 is 0 Å². The zero-order valence-electron chi connectivity index (χ0n) is 27.4. The molecule has 0 rings (SSSR count). The molecule has 15 heteroatoms. The first-order valence-corrected chi connectivity index (χ1v) is 13.9. The molecule has 0 aliphatic carbocycles. The van der Waals surface area contributed by atoms with E-state index in [2.05, 4.69) is 18.9 Å². The fourth-order valence-electron chi connectivity index (χ4n) is 2.06. The van der Waals surface area contributed by atoms with Gasteiger partial charge in [-0.05, 0) is 33.6 Å². The van der Waals surface area contributed by atoms with Crippen molar-refractivity contribution in [3.05, 3.63) is 0 Å². The maximum Gasteiger partial charge on any atom is 0.310 e. The lowest BCUT2D eigenvalue weighted by Crippen LogP contribution is -2.20. The number of rotatable bonds is 19. The van der Waals surface area contributed by atoms with E-state index in [1.165, 1.54) is 28.4 Å². The van der Waals surface area contributed by atoms with Crippen LogP contribution < -0.4 is 0 Å². The Bertz CT molecular complexity index is 630. The molecule has 0 aliphatic heterocycles. The molecular formula is C28H56O15. The van der Waals surface area contributed by atoms with Gasteiger partial charge in [0, 0.05) is 41.0 Å². The van der Waals surface area contributed by atoms with Crippen molar-refractivity contribution >= 4 is 29.8 Å². The molecule has 2 atom stereocenters. The van der Waals surface area contributed by atoms with Crippen molar-refractivity contribution in [1.29, 1.82) is 0 Å². The van der Waals surface area contributed by atoms with Crippen LogP contribution in [0.5, 0.6) is 0 Å². The zero-order valence-corrected chi connectivity index (χ0v) is 27.4. The third kappa shape index (κ3) is 52.3. The van der Waals surface area contributed by atoms with Crippen LogP contribution in [-0.2, 0) is 57.1 Å². The summed E-state index contributed by atoms with van der Waals surface area (Å²) in [6.07, 6.45) is 1.91. The highest BCUT2D eigenvalue weighted by atomic mass is 16.7. The molecule has 0 fully saturated rings. The lowest BCUT2D eigenvalue weighted by molar-refractivity contribution is -0.161. The predicted octanol–water partition coefficient (Wildman–Crippen LogP) is 3.26. The molecule has 0 saturated heterocycles. The molecule has 258 valence electrons. The molecule has 0 aromatic rings. The number of aliphatic carboxylic acids is 3. The van der Waals surface area contributed by atoms with Gasteiger partial charge in [0.2, 0.25) is 0 Å². The van der Waals surface area contributed by atoms with Gasteiger partial charge >= 0.3 is 29.8 Å². The third-order valence-electron chi connectivity index (χ3n) is 4.34. The summed E-state index contributed by atoms with van der Waals surface area (Å²) in [6.45, 7) is 11.9. The highest BCUT2D eigenvalue weighted by molar-refractivity contribution is 5.70. The SMILES string of the molecule is CCCC(=O)OCC.CCOC(CC(=O)OC)OC.CCOCC(CC)C(=O)O.COCCC(=O)O.COCCC(=O)O. The third-order valence-corrected chi connectivity index (χ3v) is 4.34. The van der Waals surface area contributed by atoms with Crippen LogP contribution in [-0.4, -0.2) is 120 Å². The van der Waals surface area contributed by atoms with E-state index in [1.807, 2.05) is 34.6 Å². The van der Waals surface area contributed by atoms with Gasteiger partial charge in [0.15, 0.2) is 6.29 Å². The smallest absolute Gasteiger partial charge is 0.310 e. The highest BCUT2D eigenvalue weighted by Crippen LogP contribution is 2.02. The van der Waals surface area contributed by atoms with Crippen molar-refractivity contribution in [3.63, 3.8) is 0 Å². The van der Waals surface area contributed by atoms with Crippen molar-refractivity contribution in [1.82, 2.24) is 0 Å². The number of methoxy groups -OCH3 is 4. The molecule has 0 amide bonds. The lowest BCUT2D eigenvalue weighted by Gasteiger charge is -2.12. The molecule has 3 N–H and O–H groups in total.